The van der Waals surface area contributed by atoms with Crippen LogP contribution in [0.2, 0.25) is 0 Å². The Kier molecular flexibility index (Phi) is 3.46. The van der Waals surface area contributed by atoms with E-state index in [2.05, 4.69) is 14.9 Å². The molecule has 1 aromatic heterocycles. The minimum atomic E-state index is 0.0202. The van der Waals surface area contributed by atoms with Gasteiger partial charge in [-0.25, -0.2) is 9.97 Å². The summed E-state index contributed by atoms with van der Waals surface area (Å²) in [5.41, 5.74) is 0.787. The highest BCUT2D eigenvalue weighted by atomic mass is 16.3. The minimum absolute atomic E-state index is 0.0202. The molecule has 1 aromatic rings. The van der Waals surface area contributed by atoms with Crippen LogP contribution >= 0.6 is 0 Å². The highest BCUT2D eigenvalue weighted by Gasteiger charge is 2.34. The zero-order valence-electron chi connectivity index (χ0n) is 10.8. The van der Waals surface area contributed by atoms with Crippen molar-refractivity contribution in [3.63, 3.8) is 0 Å². The van der Waals surface area contributed by atoms with Gasteiger partial charge in [0.05, 0.1) is 6.61 Å². The maximum Gasteiger partial charge on any atom is 0.225 e. The Bertz CT molecular complexity index is 387. The molecule has 18 heavy (non-hydrogen) atoms. The molecule has 1 N–H and O–H groups in total. The van der Waals surface area contributed by atoms with Gasteiger partial charge >= 0.3 is 0 Å². The van der Waals surface area contributed by atoms with Gasteiger partial charge in [-0.3, -0.25) is 0 Å². The van der Waals surface area contributed by atoms with Crippen molar-refractivity contribution >= 4 is 5.95 Å². The standard InChI is InChI=1S/C14H21N3O/c18-10-11-8-15-14(16-9-11)17-7-3-6-13(17)12-4-1-2-5-12/h8-9,12-13,18H,1-7,10H2. The topological polar surface area (TPSA) is 49.3 Å². The second-order valence-electron chi connectivity index (χ2n) is 5.50. The zero-order chi connectivity index (χ0) is 12.4. The maximum atomic E-state index is 9.02. The summed E-state index contributed by atoms with van der Waals surface area (Å²) in [6.07, 6.45) is 11.5. The molecule has 98 valence electrons. The molecule has 2 fully saturated rings. The number of hydrogen-bond donors (Lipinski definition) is 1. The number of aliphatic hydroxyl groups is 1. The Morgan fingerprint density at radius 2 is 1.83 bits per heavy atom. The van der Waals surface area contributed by atoms with Crippen molar-refractivity contribution in [3.05, 3.63) is 18.0 Å². The van der Waals surface area contributed by atoms with Crippen LogP contribution in [0.25, 0.3) is 0 Å². The van der Waals surface area contributed by atoms with E-state index in [1.54, 1.807) is 12.4 Å². The van der Waals surface area contributed by atoms with Crippen LogP contribution in [0.15, 0.2) is 12.4 Å². The molecule has 4 nitrogen and oxygen atoms in total. The van der Waals surface area contributed by atoms with E-state index in [9.17, 15) is 0 Å². The molecule has 0 bridgehead atoms. The summed E-state index contributed by atoms with van der Waals surface area (Å²) in [5, 5.41) is 9.02. The predicted octanol–water partition coefficient (Wildman–Crippen LogP) is 2.13. The number of aromatic nitrogens is 2. The first-order chi connectivity index (χ1) is 8.88. The molecule has 2 aliphatic rings. The quantitative estimate of drug-likeness (QED) is 0.889. The molecule has 1 saturated heterocycles. The fraction of sp³-hybridized carbons (Fsp3) is 0.714. The van der Waals surface area contributed by atoms with E-state index < -0.39 is 0 Å². The smallest absolute Gasteiger partial charge is 0.225 e. The van der Waals surface area contributed by atoms with Crippen LogP contribution in [-0.2, 0) is 6.61 Å². The number of hydrogen-bond acceptors (Lipinski definition) is 4. The normalized spacial score (nSPS) is 24.9. The first-order valence-corrected chi connectivity index (χ1v) is 7.07. The Labute approximate surface area is 108 Å². The Morgan fingerprint density at radius 3 is 2.50 bits per heavy atom. The molecule has 0 spiro atoms. The lowest BCUT2D eigenvalue weighted by Crippen LogP contribution is -2.35. The summed E-state index contributed by atoms with van der Waals surface area (Å²) in [4.78, 5) is 11.2. The van der Waals surface area contributed by atoms with E-state index in [1.807, 2.05) is 0 Å². The van der Waals surface area contributed by atoms with E-state index in [1.165, 1.54) is 38.5 Å². The molecule has 2 heterocycles. The third-order valence-electron chi connectivity index (χ3n) is 4.37. The Balaban J connectivity index is 1.76. The molecule has 1 aliphatic carbocycles. The molecule has 3 rings (SSSR count). The molecule has 1 saturated carbocycles. The van der Waals surface area contributed by atoms with E-state index in [0.29, 0.717) is 6.04 Å². The lowest BCUT2D eigenvalue weighted by atomic mass is 9.96. The monoisotopic (exact) mass is 247 g/mol. The lowest BCUT2D eigenvalue weighted by molar-refractivity contribution is 0.281. The van der Waals surface area contributed by atoms with E-state index in [4.69, 9.17) is 5.11 Å². The molecule has 0 amide bonds. The first kappa shape index (κ1) is 11.9. The van der Waals surface area contributed by atoms with E-state index in [0.717, 1.165) is 24.0 Å². The van der Waals surface area contributed by atoms with Crippen LogP contribution in [-0.4, -0.2) is 27.7 Å². The average molecular weight is 247 g/mol. The summed E-state index contributed by atoms with van der Waals surface area (Å²) in [6, 6.07) is 0.646. The highest BCUT2D eigenvalue weighted by molar-refractivity contribution is 5.34. The van der Waals surface area contributed by atoms with Gasteiger partial charge in [0.1, 0.15) is 0 Å². The fourth-order valence-electron chi connectivity index (χ4n) is 3.45. The van der Waals surface area contributed by atoms with Crippen LogP contribution in [0.3, 0.4) is 0 Å². The van der Waals surface area contributed by atoms with Crippen LogP contribution < -0.4 is 4.90 Å². The number of rotatable bonds is 3. The third kappa shape index (κ3) is 2.21. The van der Waals surface area contributed by atoms with Gasteiger partial charge in [0.15, 0.2) is 0 Å². The second-order valence-corrected chi connectivity index (χ2v) is 5.50. The average Bonchev–Trinajstić information content (AvgIpc) is 3.09. The van der Waals surface area contributed by atoms with Gasteiger partial charge < -0.3 is 10.0 Å². The van der Waals surface area contributed by atoms with Gasteiger partial charge in [-0.1, -0.05) is 12.8 Å². The minimum Gasteiger partial charge on any atom is -0.392 e. The van der Waals surface area contributed by atoms with E-state index in [-0.39, 0.29) is 6.61 Å². The zero-order valence-corrected chi connectivity index (χ0v) is 10.8. The summed E-state index contributed by atoms with van der Waals surface area (Å²) < 4.78 is 0. The molecule has 1 unspecified atom stereocenters. The maximum absolute atomic E-state index is 9.02. The predicted molar refractivity (Wildman–Crippen MR) is 70.3 cm³/mol. The van der Waals surface area contributed by atoms with Crippen molar-refractivity contribution in [1.82, 2.24) is 9.97 Å². The van der Waals surface area contributed by atoms with Crippen molar-refractivity contribution in [3.8, 4) is 0 Å². The lowest BCUT2D eigenvalue weighted by Gasteiger charge is -2.29. The summed E-state index contributed by atoms with van der Waals surface area (Å²) in [6.45, 7) is 1.10. The fourth-order valence-corrected chi connectivity index (χ4v) is 3.45. The van der Waals surface area contributed by atoms with Crippen molar-refractivity contribution in [2.75, 3.05) is 11.4 Å². The molecule has 1 aliphatic heterocycles. The summed E-state index contributed by atoms with van der Waals surface area (Å²) in [7, 11) is 0. The second kappa shape index (κ2) is 5.22. The van der Waals surface area contributed by atoms with Gasteiger partial charge in [0.25, 0.3) is 0 Å². The highest BCUT2D eigenvalue weighted by Crippen LogP contribution is 2.36. The van der Waals surface area contributed by atoms with Gasteiger partial charge in [-0.05, 0) is 31.6 Å². The van der Waals surface area contributed by atoms with E-state index >= 15 is 0 Å². The van der Waals surface area contributed by atoms with Crippen LogP contribution in [0.4, 0.5) is 5.95 Å². The Morgan fingerprint density at radius 1 is 1.11 bits per heavy atom. The van der Waals surface area contributed by atoms with Gasteiger partial charge in [0, 0.05) is 30.5 Å². The number of aliphatic hydroxyl groups excluding tert-OH is 1. The molecule has 1 atom stereocenters. The number of nitrogens with zero attached hydrogens (tertiary/aromatic N) is 3. The van der Waals surface area contributed by atoms with Crippen molar-refractivity contribution in [1.29, 1.82) is 0 Å². The van der Waals surface area contributed by atoms with Crippen molar-refractivity contribution in [2.24, 2.45) is 5.92 Å². The molecule has 0 aromatic carbocycles. The van der Waals surface area contributed by atoms with Crippen LogP contribution in [0, 0.1) is 5.92 Å². The molecular weight excluding hydrogens is 226 g/mol. The number of anilines is 1. The summed E-state index contributed by atoms with van der Waals surface area (Å²) in [5.74, 6) is 1.69. The largest absolute Gasteiger partial charge is 0.392 e. The third-order valence-corrected chi connectivity index (χ3v) is 4.37. The van der Waals surface area contributed by atoms with Gasteiger partial charge in [0.2, 0.25) is 5.95 Å². The first-order valence-electron chi connectivity index (χ1n) is 7.07. The van der Waals surface area contributed by atoms with Crippen molar-refractivity contribution in [2.45, 2.75) is 51.2 Å². The van der Waals surface area contributed by atoms with Crippen LogP contribution in [0.5, 0.6) is 0 Å². The molecule has 0 radical (unpaired) electrons. The molecular formula is C14H21N3O. The van der Waals surface area contributed by atoms with Gasteiger partial charge in [-0.15, -0.1) is 0 Å². The van der Waals surface area contributed by atoms with Crippen molar-refractivity contribution < 1.29 is 5.11 Å². The Hall–Kier alpha value is -1.16. The SMILES string of the molecule is OCc1cnc(N2CCCC2C2CCCC2)nc1. The molecule has 4 heteroatoms. The van der Waals surface area contributed by atoms with Gasteiger partial charge in [-0.2, -0.15) is 0 Å². The summed E-state index contributed by atoms with van der Waals surface area (Å²) >= 11 is 0. The van der Waals surface area contributed by atoms with Crippen LogP contribution in [0.1, 0.15) is 44.1 Å².